The van der Waals surface area contributed by atoms with Gasteiger partial charge in [-0.15, -0.1) is 0 Å². The summed E-state index contributed by atoms with van der Waals surface area (Å²) in [4.78, 5) is 14.2. The minimum Gasteiger partial charge on any atom is -0.347 e. The second-order valence-corrected chi connectivity index (χ2v) is 5.12. The molecular formula is C12H17FN2O. The van der Waals surface area contributed by atoms with Gasteiger partial charge >= 0.3 is 0 Å². The van der Waals surface area contributed by atoms with E-state index in [1.807, 2.05) is 0 Å². The van der Waals surface area contributed by atoms with Gasteiger partial charge in [0, 0.05) is 19.1 Å². The molecule has 3 nitrogen and oxygen atoms in total. The summed E-state index contributed by atoms with van der Waals surface area (Å²) in [5.41, 5.74) is 0. The Labute approximate surface area is 94.7 Å². The van der Waals surface area contributed by atoms with Crippen molar-refractivity contribution in [3.8, 4) is 0 Å². The lowest BCUT2D eigenvalue weighted by atomic mass is 9.99. The lowest BCUT2D eigenvalue weighted by Gasteiger charge is -2.22. The first kappa shape index (κ1) is 10.3. The third-order valence-corrected chi connectivity index (χ3v) is 3.90. The van der Waals surface area contributed by atoms with Crippen molar-refractivity contribution in [2.75, 3.05) is 13.1 Å². The van der Waals surface area contributed by atoms with Crippen LogP contribution in [0.2, 0.25) is 0 Å². The monoisotopic (exact) mass is 224 g/mol. The van der Waals surface area contributed by atoms with Crippen molar-refractivity contribution in [1.29, 1.82) is 0 Å². The van der Waals surface area contributed by atoms with Gasteiger partial charge in [0.2, 0.25) is 5.91 Å². The highest BCUT2D eigenvalue weighted by Crippen LogP contribution is 2.34. The van der Waals surface area contributed by atoms with Crippen LogP contribution in [0.5, 0.6) is 0 Å². The molecule has 3 rings (SSSR count). The molecule has 1 N–H and O–H groups in total. The average molecular weight is 224 g/mol. The van der Waals surface area contributed by atoms with Crippen molar-refractivity contribution in [1.82, 2.24) is 10.2 Å². The van der Waals surface area contributed by atoms with Crippen LogP contribution in [0.4, 0.5) is 4.39 Å². The second kappa shape index (κ2) is 3.84. The molecule has 4 unspecified atom stereocenters. The van der Waals surface area contributed by atoms with Crippen molar-refractivity contribution in [2.24, 2.45) is 5.92 Å². The number of nitrogens with one attached hydrogen (secondary N) is 1. The molecule has 3 aliphatic rings. The summed E-state index contributed by atoms with van der Waals surface area (Å²) in [5, 5.41) is 2.84. The summed E-state index contributed by atoms with van der Waals surface area (Å²) >= 11 is 0. The molecule has 2 aliphatic heterocycles. The SMILES string of the molecule is O=C(NC1CCCC=C1F)C1CC2CN2C1. The van der Waals surface area contributed by atoms with Gasteiger partial charge in [-0.05, 0) is 25.7 Å². The molecule has 88 valence electrons. The summed E-state index contributed by atoms with van der Waals surface area (Å²) in [6.07, 6.45) is 5.08. The normalized spacial score (nSPS) is 41.2. The van der Waals surface area contributed by atoms with Crippen LogP contribution in [0.15, 0.2) is 11.9 Å². The Bertz CT molecular complexity index is 332. The van der Waals surface area contributed by atoms with E-state index >= 15 is 0 Å². The largest absolute Gasteiger partial charge is 0.347 e. The van der Waals surface area contributed by atoms with Gasteiger partial charge in [0.1, 0.15) is 5.83 Å². The number of carbonyl (C=O) groups excluding carboxylic acids is 1. The number of hydrogen-bond donors (Lipinski definition) is 1. The summed E-state index contributed by atoms with van der Waals surface area (Å²) in [6.45, 7) is 2.02. The number of rotatable bonds is 2. The molecule has 0 bridgehead atoms. The van der Waals surface area contributed by atoms with Gasteiger partial charge in [0.15, 0.2) is 0 Å². The highest BCUT2D eigenvalue weighted by Gasteiger charge is 2.46. The summed E-state index contributed by atoms with van der Waals surface area (Å²) in [6, 6.07) is 0.288. The van der Waals surface area contributed by atoms with E-state index in [0.29, 0.717) is 6.04 Å². The zero-order chi connectivity index (χ0) is 11.1. The Morgan fingerprint density at radius 3 is 3.06 bits per heavy atom. The fourth-order valence-electron chi connectivity index (χ4n) is 2.82. The summed E-state index contributed by atoms with van der Waals surface area (Å²) < 4.78 is 13.4. The number of piperidine rings is 1. The lowest BCUT2D eigenvalue weighted by Crippen LogP contribution is -2.41. The zero-order valence-electron chi connectivity index (χ0n) is 9.29. The van der Waals surface area contributed by atoms with E-state index in [-0.39, 0.29) is 23.7 Å². The average Bonchev–Trinajstić information content (AvgIpc) is 2.89. The van der Waals surface area contributed by atoms with Crippen LogP contribution in [0, 0.1) is 5.92 Å². The van der Waals surface area contributed by atoms with Gasteiger partial charge in [-0.1, -0.05) is 6.08 Å². The first-order chi connectivity index (χ1) is 7.74. The molecule has 16 heavy (non-hydrogen) atoms. The van der Waals surface area contributed by atoms with Crippen molar-refractivity contribution in [3.05, 3.63) is 11.9 Å². The molecule has 2 fully saturated rings. The van der Waals surface area contributed by atoms with Crippen LogP contribution in [-0.2, 0) is 4.79 Å². The Hall–Kier alpha value is -0.900. The first-order valence-electron chi connectivity index (χ1n) is 6.14. The van der Waals surface area contributed by atoms with E-state index in [4.69, 9.17) is 0 Å². The number of amides is 1. The Morgan fingerprint density at radius 2 is 2.38 bits per heavy atom. The summed E-state index contributed by atoms with van der Waals surface area (Å²) in [5.74, 6) is -0.0146. The van der Waals surface area contributed by atoms with E-state index in [9.17, 15) is 9.18 Å². The topological polar surface area (TPSA) is 32.1 Å². The standard InChI is InChI=1S/C12H17FN2O/c13-10-3-1-2-4-11(10)14-12(16)8-5-9-7-15(9)6-8/h3,8-9,11H,1-2,4-7H2,(H,14,16). The summed E-state index contributed by atoms with van der Waals surface area (Å²) in [7, 11) is 0. The molecule has 2 heterocycles. The zero-order valence-corrected chi connectivity index (χ0v) is 9.29. The van der Waals surface area contributed by atoms with Crippen LogP contribution < -0.4 is 5.32 Å². The maximum absolute atomic E-state index is 13.4. The van der Waals surface area contributed by atoms with E-state index in [1.165, 1.54) is 0 Å². The van der Waals surface area contributed by atoms with Crippen molar-refractivity contribution >= 4 is 5.91 Å². The van der Waals surface area contributed by atoms with Crippen LogP contribution >= 0.6 is 0 Å². The molecular weight excluding hydrogens is 207 g/mol. The van der Waals surface area contributed by atoms with Gasteiger partial charge in [-0.3, -0.25) is 9.69 Å². The Balaban J connectivity index is 1.55. The fourth-order valence-corrected chi connectivity index (χ4v) is 2.82. The molecule has 4 atom stereocenters. The molecule has 1 aliphatic carbocycles. The molecule has 0 aromatic rings. The van der Waals surface area contributed by atoms with Crippen molar-refractivity contribution in [2.45, 2.75) is 37.8 Å². The van der Waals surface area contributed by atoms with Crippen LogP contribution in [0.1, 0.15) is 25.7 Å². The minimum atomic E-state index is -0.354. The number of carbonyl (C=O) groups is 1. The quantitative estimate of drug-likeness (QED) is 0.715. The highest BCUT2D eigenvalue weighted by atomic mass is 19.1. The van der Waals surface area contributed by atoms with Crippen molar-refractivity contribution in [3.63, 3.8) is 0 Å². The maximum Gasteiger partial charge on any atom is 0.225 e. The molecule has 0 radical (unpaired) electrons. The van der Waals surface area contributed by atoms with Gasteiger partial charge in [0.25, 0.3) is 0 Å². The van der Waals surface area contributed by atoms with Crippen LogP contribution in [0.3, 0.4) is 0 Å². The molecule has 1 amide bonds. The number of hydrogen-bond acceptors (Lipinski definition) is 2. The number of nitrogens with zero attached hydrogens (tertiary/aromatic N) is 1. The minimum absolute atomic E-state index is 0.0441. The van der Waals surface area contributed by atoms with Gasteiger partial charge in [-0.2, -0.15) is 0 Å². The van der Waals surface area contributed by atoms with E-state index in [0.717, 1.165) is 38.8 Å². The predicted molar refractivity (Wildman–Crippen MR) is 58.4 cm³/mol. The van der Waals surface area contributed by atoms with Crippen molar-refractivity contribution < 1.29 is 9.18 Å². The molecule has 0 aromatic carbocycles. The fraction of sp³-hybridized carbons (Fsp3) is 0.750. The second-order valence-electron chi connectivity index (χ2n) is 5.12. The van der Waals surface area contributed by atoms with Crippen LogP contribution in [-0.4, -0.2) is 36.0 Å². The van der Waals surface area contributed by atoms with Gasteiger partial charge in [0.05, 0.1) is 12.0 Å². The first-order valence-corrected chi connectivity index (χ1v) is 6.14. The van der Waals surface area contributed by atoms with E-state index in [2.05, 4.69) is 10.2 Å². The third-order valence-electron chi connectivity index (χ3n) is 3.90. The van der Waals surface area contributed by atoms with E-state index < -0.39 is 0 Å². The Kier molecular flexibility index (Phi) is 2.46. The number of allylic oxidation sites excluding steroid dienone is 1. The van der Waals surface area contributed by atoms with Gasteiger partial charge < -0.3 is 5.32 Å². The van der Waals surface area contributed by atoms with E-state index in [1.54, 1.807) is 6.08 Å². The smallest absolute Gasteiger partial charge is 0.225 e. The number of fused-ring (bicyclic) bond motifs is 1. The van der Waals surface area contributed by atoms with Crippen LogP contribution in [0.25, 0.3) is 0 Å². The molecule has 0 aromatic heterocycles. The Morgan fingerprint density at radius 1 is 1.50 bits per heavy atom. The molecule has 0 spiro atoms. The molecule has 2 saturated heterocycles. The lowest BCUT2D eigenvalue weighted by molar-refractivity contribution is -0.125. The highest BCUT2D eigenvalue weighted by molar-refractivity contribution is 5.80. The molecule has 4 heteroatoms. The third kappa shape index (κ3) is 1.86. The molecule has 0 saturated carbocycles. The van der Waals surface area contributed by atoms with Gasteiger partial charge in [-0.25, -0.2) is 4.39 Å². The number of halogens is 1. The maximum atomic E-state index is 13.4. The predicted octanol–water partition coefficient (Wildman–Crippen LogP) is 1.21.